The number of allylic oxidation sites excluding steroid dienone is 1. The summed E-state index contributed by atoms with van der Waals surface area (Å²) in [6.45, 7) is 4.95. The standard InChI is InChI=1S/C14H20O4/c1-3-7-17-13-6-5-12(10-15)14(9-13,11-16)18-8-4-2/h5-6,9-12H,3-4,7-8H2,1-2H3. The van der Waals surface area contributed by atoms with E-state index >= 15 is 0 Å². The molecule has 0 bridgehead atoms. The van der Waals surface area contributed by atoms with Crippen LogP contribution in [-0.2, 0) is 19.1 Å². The number of rotatable bonds is 8. The van der Waals surface area contributed by atoms with Crippen molar-refractivity contribution in [2.45, 2.75) is 32.3 Å². The van der Waals surface area contributed by atoms with Gasteiger partial charge in [0.15, 0.2) is 11.9 Å². The van der Waals surface area contributed by atoms with Crippen molar-refractivity contribution in [3.05, 3.63) is 24.0 Å². The van der Waals surface area contributed by atoms with E-state index in [4.69, 9.17) is 9.47 Å². The van der Waals surface area contributed by atoms with E-state index in [1.54, 1.807) is 18.2 Å². The van der Waals surface area contributed by atoms with E-state index in [0.717, 1.165) is 19.1 Å². The molecule has 0 amide bonds. The number of aldehydes is 2. The maximum atomic E-state index is 11.4. The summed E-state index contributed by atoms with van der Waals surface area (Å²) in [5.74, 6) is -0.00585. The molecule has 0 spiro atoms. The Balaban J connectivity index is 2.92. The number of carbonyl (C=O) groups excluding carboxylic acids is 2. The predicted molar refractivity (Wildman–Crippen MR) is 68.1 cm³/mol. The first-order valence-electron chi connectivity index (χ1n) is 6.31. The fraction of sp³-hybridized carbons (Fsp3) is 0.571. The zero-order valence-electron chi connectivity index (χ0n) is 10.9. The molecule has 100 valence electrons. The highest BCUT2D eigenvalue weighted by Crippen LogP contribution is 2.29. The van der Waals surface area contributed by atoms with Crippen molar-refractivity contribution in [1.29, 1.82) is 0 Å². The second-order valence-corrected chi connectivity index (χ2v) is 4.24. The molecule has 1 aliphatic rings. The van der Waals surface area contributed by atoms with E-state index in [-0.39, 0.29) is 0 Å². The Hall–Kier alpha value is -1.42. The van der Waals surface area contributed by atoms with Crippen LogP contribution in [0.5, 0.6) is 0 Å². The van der Waals surface area contributed by atoms with Gasteiger partial charge in [0.2, 0.25) is 0 Å². The number of carbonyl (C=O) groups is 2. The van der Waals surface area contributed by atoms with Gasteiger partial charge >= 0.3 is 0 Å². The van der Waals surface area contributed by atoms with Crippen molar-refractivity contribution in [1.82, 2.24) is 0 Å². The summed E-state index contributed by atoms with van der Waals surface area (Å²) in [6, 6.07) is 0. The summed E-state index contributed by atoms with van der Waals surface area (Å²) >= 11 is 0. The molecule has 4 nitrogen and oxygen atoms in total. The van der Waals surface area contributed by atoms with Gasteiger partial charge in [-0.1, -0.05) is 19.9 Å². The van der Waals surface area contributed by atoms with Gasteiger partial charge in [-0.15, -0.1) is 0 Å². The quantitative estimate of drug-likeness (QED) is 0.620. The van der Waals surface area contributed by atoms with Crippen LogP contribution in [0.4, 0.5) is 0 Å². The van der Waals surface area contributed by atoms with Gasteiger partial charge in [-0.3, -0.25) is 4.79 Å². The second-order valence-electron chi connectivity index (χ2n) is 4.24. The molecule has 0 saturated heterocycles. The monoisotopic (exact) mass is 252 g/mol. The molecule has 0 aliphatic heterocycles. The van der Waals surface area contributed by atoms with Crippen LogP contribution in [0, 0.1) is 5.92 Å². The Bertz CT molecular complexity index is 346. The normalized spacial score (nSPS) is 26.6. The minimum atomic E-state index is -1.21. The highest BCUT2D eigenvalue weighted by Gasteiger charge is 2.39. The Labute approximate surface area is 108 Å². The first kappa shape index (κ1) is 14.6. The number of hydrogen-bond donors (Lipinski definition) is 0. The largest absolute Gasteiger partial charge is 0.494 e. The van der Waals surface area contributed by atoms with Gasteiger partial charge in [-0.2, -0.15) is 0 Å². The molecule has 0 aromatic heterocycles. The van der Waals surface area contributed by atoms with Crippen molar-refractivity contribution in [3.8, 4) is 0 Å². The van der Waals surface area contributed by atoms with Crippen molar-refractivity contribution < 1.29 is 19.1 Å². The summed E-state index contributed by atoms with van der Waals surface area (Å²) in [7, 11) is 0. The first-order chi connectivity index (χ1) is 8.72. The Morgan fingerprint density at radius 3 is 2.56 bits per heavy atom. The van der Waals surface area contributed by atoms with E-state index in [1.807, 2.05) is 13.8 Å². The smallest absolute Gasteiger partial charge is 0.158 e. The second kappa shape index (κ2) is 7.11. The maximum Gasteiger partial charge on any atom is 0.158 e. The van der Waals surface area contributed by atoms with Crippen LogP contribution in [0.15, 0.2) is 24.0 Å². The van der Waals surface area contributed by atoms with Crippen LogP contribution in [0.1, 0.15) is 26.7 Å². The van der Waals surface area contributed by atoms with E-state index in [0.29, 0.717) is 25.3 Å². The molecule has 1 aliphatic carbocycles. The SMILES string of the molecule is CCCOC1=CC(C=O)(OCCC)C(C=O)C=C1. The van der Waals surface area contributed by atoms with Gasteiger partial charge in [0.25, 0.3) is 0 Å². The molecule has 1 rings (SSSR count). The van der Waals surface area contributed by atoms with Crippen LogP contribution < -0.4 is 0 Å². The lowest BCUT2D eigenvalue weighted by atomic mass is 9.85. The van der Waals surface area contributed by atoms with Gasteiger partial charge in [0, 0.05) is 6.61 Å². The zero-order chi connectivity index (χ0) is 13.4. The predicted octanol–water partition coefficient (Wildman–Crippen LogP) is 2.05. The van der Waals surface area contributed by atoms with Crippen LogP contribution in [0.25, 0.3) is 0 Å². The van der Waals surface area contributed by atoms with Crippen molar-refractivity contribution >= 4 is 12.6 Å². The van der Waals surface area contributed by atoms with E-state index < -0.39 is 11.5 Å². The van der Waals surface area contributed by atoms with Gasteiger partial charge in [0.05, 0.1) is 12.5 Å². The first-order valence-corrected chi connectivity index (χ1v) is 6.31. The van der Waals surface area contributed by atoms with E-state index in [9.17, 15) is 9.59 Å². The maximum absolute atomic E-state index is 11.4. The Morgan fingerprint density at radius 1 is 1.28 bits per heavy atom. The highest BCUT2D eigenvalue weighted by atomic mass is 16.5. The molecule has 2 atom stereocenters. The molecular formula is C14H20O4. The molecule has 0 fully saturated rings. The number of ether oxygens (including phenoxy) is 2. The number of hydrogen-bond acceptors (Lipinski definition) is 4. The average Bonchev–Trinajstić information content (AvgIpc) is 2.42. The molecule has 0 heterocycles. The molecule has 0 aromatic carbocycles. The van der Waals surface area contributed by atoms with Gasteiger partial charge < -0.3 is 14.3 Å². The zero-order valence-corrected chi connectivity index (χ0v) is 10.9. The molecule has 18 heavy (non-hydrogen) atoms. The van der Waals surface area contributed by atoms with Crippen LogP contribution >= 0.6 is 0 Å². The van der Waals surface area contributed by atoms with Crippen molar-refractivity contribution in [2.75, 3.05) is 13.2 Å². The van der Waals surface area contributed by atoms with E-state index in [1.165, 1.54) is 0 Å². The topological polar surface area (TPSA) is 52.6 Å². The summed E-state index contributed by atoms with van der Waals surface area (Å²) in [4.78, 5) is 22.4. The molecule has 4 heteroatoms. The molecular weight excluding hydrogens is 232 g/mol. The lowest BCUT2D eigenvalue weighted by molar-refractivity contribution is -0.135. The van der Waals surface area contributed by atoms with E-state index in [2.05, 4.69) is 0 Å². The lowest BCUT2D eigenvalue weighted by Crippen LogP contribution is -2.43. The molecule has 0 saturated carbocycles. The fourth-order valence-corrected chi connectivity index (χ4v) is 1.74. The van der Waals surface area contributed by atoms with Crippen LogP contribution in [0.3, 0.4) is 0 Å². The Kier molecular flexibility index (Phi) is 5.78. The Morgan fingerprint density at radius 2 is 2.00 bits per heavy atom. The average molecular weight is 252 g/mol. The third kappa shape index (κ3) is 3.29. The fourth-order valence-electron chi connectivity index (χ4n) is 1.74. The molecule has 2 unspecified atom stereocenters. The van der Waals surface area contributed by atoms with Crippen LogP contribution in [-0.4, -0.2) is 31.4 Å². The van der Waals surface area contributed by atoms with Crippen molar-refractivity contribution in [2.24, 2.45) is 5.92 Å². The van der Waals surface area contributed by atoms with Gasteiger partial charge in [-0.05, 0) is 25.0 Å². The molecule has 0 aromatic rings. The molecule has 0 N–H and O–H groups in total. The summed E-state index contributed by atoms with van der Waals surface area (Å²) < 4.78 is 11.1. The van der Waals surface area contributed by atoms with Crippen LogP contribution in [0.2, 0.25) is 0 Å². The third-order valence-electron chi connectivity index (χ3n) is 2.72. The van der Waals surface area contributed by atoms with Gasteiger partial charge in [0.1, 0.15) is 12.0 Å². The highest BCUT2D eigenvalue weighted by molar-refractivity contribution is 5.77. The molecule has 0 radical (unpaired) electrons. The summed E-state index contributed by atoms with van der Waals surface area (Å²) in [5, 5.41) is 0. The van der Waals surface area contributed by atoms with Gasteiger partial charge in [-0.25, -0.2) is 0 Å². The van der Waals surface area contributed by atoms with Crippen molar-refractivity contribution in [3.63, 3.8) is 0 Å². The summed E-state index contributed by atoms with van der Waals surface area (Å²) in [6.07, 6.45) is 8.04. The third-order valence-corrected chi connectivity index (χ3v) is 2.72. The minimum absolute atomic E-state index is 0.425. The minimum Gasteiger partial charge on any atom is -0.494 e. The lowest BCUT2D eigenvalue weighted by Gasteiger charge is -2.31. The summed E-state index contributed by atoms with van der Waals surface area (Å²) in [5.41, 5.74) is -1.21.